The van der Waals surface area contributed by atoms with Gasteiger partial charge in [-0.3, -0.25) is 9.63 Å². The molecule has 0 radical (unpaired) electrons. The van der Waals surface area contributed by atoms with Crippen LogP contribution in [-0.4, -0.2) is 86.5 Å². The summed E-state index contributed by atoms with van der Waals surface area (Å²) >= 11 is 3.68. The van der Waals surface area contributed by atoms with Gasteiger partial charge in [0.2, 0.25) is 0 Å². The maximum Gasteiger partial charge on any atom is 0.334 e. The lowest BCUT2D eigenvalue weighted by Crippen LogP contribution is -2.37. The molecule has 0 aromatic rings. The van der Waals surface area contributed by atoms with E-state index in [0.29, 0.717) is 23.3 Å². The fraction of sp³-hybridized carbons (Fsp3) is 0.800. The van der Waals surface area contributed by atoms with Crippen molar-refractivity contribution in [1.29, 1.82) is 0 Å². The van der Waals surface area contributed by atoms with E-state index in [2.05, 4.69) is 26.1 Å². The van der Waals surface area contributed by atoms with E-state index in [9.17, 15) is 19.2 Å². The van der Waals surface area contributed by atoms with E-state index in [1.165, 1.54) is 0 Å². The Morgan fingerprint density at radius 3 is 1.91 bits per heavy atom. The molecule has 8 N–H and O–H groups in total. The monoisotopic (exact) mass is 519 g/mol. The highest BCUT2D eigenvalue weighted by molar-refractivity contribution is 8.00. The zero-order chi connectivity index (χ0) is 24.7. The number of fused-ring (bicyclic) bond motifs is 2. The molecule has 34 heavy (non-hydrogen) atoms. The van der Waals surface area contributed by atoms with Gasteiger partial charge in [0.25, 0.3) is 0 Å². The van der Waals surface area contributed by atoms with Crippen molar-refractivity contribution in [3.63, 3.8) is 0 Å². The molecule has 7 atom stereocenters. The van der Waals surface area contributed by atoms with Gasteiger partial charge in [-0.05, 0) is 32.1 Å². The smallest absolute Gasteiger partial charge is 0.334 e. The van der Waals surface area contributed by atoms with E-state index in [1.807, 2.05) is 23.5 Å². The Morgan fingerprint density at radius 2 is 1.44 bits per heavy atom. The van der Waals surface area contributed by atoms with E-state index in [0.717, 1.165) is 37.2 Å². The molecule has 12 nitrogen and oxygen atoms in total. The van der Waals surface area contributed by atoms with E-state index in [4.69, 9.17) is 16.1 Å². The third-order valence-electron chi connectivity index (χ3n) is 6.40. The summed E-state index contributed by atoms with van der Waals surface area (Å²) in [7, 11) is 0. The largest absolute Gasteiger partial charge is 0.481 e. The van der Waals surface area contributed by atoms with E-state index >= 15 is 0 Å². The number of amides is 4. The Bertz CT molecular complexity index is 761. The summed E-state index contributed by atoms with van der Waals surface area (Å²) < 4.78 is 0. The van der Waals surface area contributed by atoms with E-state index in [-0.39, 0.29) is 42.7 Å². The Kier molecular flexibility index (Phi) is 9.97. The summed E-state index contributed by atoms with van der Waals surface area (Å²) in [5.41, 5.74) is 0. The molecule has 14 heteroatoms. The molecule has 0 spiro atoms. The van der Waals surface area contributed by atoms with Crippen LogP contribution in [0.4, 0.5) is 9.59 Å². The van der Waals surface area contributed by atoms with Crippen LogP contribution in [0.15, 0.2) is 0 Å². The Hall–Kier alpha value is -1.90. The maximum atomic E-state index is 11.2. The first kappa shape index (κ1) is 26.7. The zero-order valence-corrected chi connectivity index (χ0v) is 20.4. The number of nitrogens with one attached hydrogen (secondary N) is 4. The highest BCUT2D eigenvalue weighted by Gasteiger charge is 2.43. The molecule has 0 saturated carbocycles. The van der Waals surface area contributed by atoms with Gasteiger partial charge in [0.15, 0.2) is 6.10 Å². The average molecular weight is 520 g/mol. The van der Waals surface area contributed by atoms with Crippen LogP contribution in [0.25, 0.3) is 0 Å². The Balaban J connectivity index is 0.000000192. The van der Waals surface area contributed by atoms with Gasteiger partial charge < -0.3 is 31.5 Å². The van der Waals surface area contributed by atoms with Crippen LogP contribution in [-0.2, 0) is 14.4 Å². The second kappa shape index (κ2) is 12.7. The molecule has 1 unspecified atom stereocenters. The molecule has 4 heterocycles. The summed E-state index contributed by atoms with van der Waals surface area (Å²) in [4.78, 5) is 47.7. The number of nitrogens with two attached hydrogens (primary N) is 1. The van der Waals surface area contributed by atoms with Crippen molar-refractivity contribution < 1.29 is 34.2 Å². The predicted octanol–water partition coefficient (Wildman–Crippen LogP) is 0.462. The molecule has 4 amide bonds. The normalized spacial score (nSPS) is 31.8. The highest BCUT2D eigenvalue weighted by Crippen LogP contribution is 2.34. The predicted molar refractivity (Wildman–Crippen MR) is 128 cm³/mol. The highest BCUT2D eigenvalue weighted by atomic mass is 32.2. The number of aliphatic carboxylic acids is 2. The molecule has 4 rings (SSSR count). The van der Waals surface area contributed by atoms with Crippen molar-refractivity contribution in [3.05, 3.63) is 0 Å². The van der Waals surface area contributed by atoms with Gasteiger partial charge >= 0.3 is 24.0 Å². The first-order valence-corrected chi connectivity index (χ1v) is 13.6. The molecule has 0 aromatic carbocycles. The number of hydrogen-bond donors (Lipinski definition) is 7. The number of carbonyl (C=O) groups is 4. The molecule has 4 saturated heterocycles. The average Bonchev–Trinajstić information content (AvgIpc) is 3.51. The molecule has 0 bridgehead atoms. The minimum absolute atomic E-state index is 0.0640. The summed E-state index contributed by atoms with van der Waals surface area (Å²) in [6.45, 7) is 0. The number of rotatable bonds is 11. The van der Waals surface area contributed by atoms with Crippen molar-refractivity contribution in [3.8, 4) is 0 Å². The van der Waals surface area contributed by atoms with Crippen LogP contribution in [0, 0.1) is 0 Å². The third kappa shape index (κ3) is 7.30. The van der Waals surface area contributed by atoms with Crippen LogP contribution in [0.1, 0.15) is 44.9 Å². The quantitative estimate of drug-likeness (QED) is 0.115. The van der Waals surface area contributed by atoms with Crippen LogP contribution in [0.3, 0.4) is 0 Å². The minimum atomic E-state index is -1.04. The SMILES string of the molecule is NOC(CCC[C@@H]1SC[C@@H]2NC(=O)N[C@@H]21)C(=O)O.O=C(O)CCCC[C@@H]1SC[C@@H]2NC(=O)N[C@@H]21. The number of carboxylic acid groups (broad SMARTS) is 2. The van der Waals surface area contributed by atoms with Crippen molar-refractivity contribution in [2.45, 2.75) is 85.7 Å². The summed E-state index contributed by atoms with van der Waals surface area (Å²) in [6.07, 6.45) is 3.89. The van der Waals surface area contributed by atoms with Crippen LogP contribution in [0.2, 0.25) is 0 Å². The molecule has 0 aromatic heterocycles. The first-order valence-electron chi connectivity index (χ1n) is 11.5. The fourth-order valence-corrected chi connectivity index (χ4v) is 7.75. The maximum absolute atomic E-state index is 11.2. The van der Waals surface area contributed by atoms with Crippen LogP contribution >= 0.6 is 23.5 Å². The van der Waals surface area contributed by atoms with Crippen molar-refractivity contribution in [2.24, 2.45) is 5.90 Å². The number of unbranched alkanes of at least 4 members (excludes halogenated alkanes) is 1. The molecular weight excluding hydrogens is 486 g/mol. The number of thioether (sulfide) groups is 2. The number of urea groups is 2. The molecular formula is C20H33N5O7S2. The first-order chi connectivity index (χ1) is 16.3. The van der Waals surface area contributed by atoms with Gasteiger partial charge in [-0.1, -0.05) is 6.42 Å². The van der Waals surface area contributed by atoms with E-state index in [1.54, 1.807) is 0 Å². The second-order valence-electron chi connectivity index (χ2n) is 8.78. The topological polar surface area (TPSA) is 192 Å². The number of hydrogen-bond acceptors (Lipinski definition) is 8. The van der Waals surface area contributed by atoms with Gasteiger partial charge in [-0.25, -0.2) is 20.3 Å². The number of carboxylic acids is 2. The molecule has 0 aliphatic carbocycles. The lowest BCUT2D eigenvalue weighted by Gasteiger charge is -2.17. The van der Waals surface area contributed by atoms with Gasteiger partial charge in [0.1, 0.15) is 0 Å². The van der Waals surface area contributed by atoms with Crippen molar-refractivity contribution >= 4 is 47.5 Å². The standard InChI is InChI=1S/C10H17N3O4S.C10H16N2O3S/c11-17-6(9(14)15)2-1-3-7-8-5(4-18-7)12-10(16)13-8;13-8(14)4-2-1-3-7-9-6(5-16-7)11-10(15)12-9/h5-8H,1-4,11H2,(H,14,15)(H2,12,13,16);6-7,9H,1-5H2,(H,13,14)(H2,11,12,15)/t5-,6?,7-,8-;6-,7-,9-/m00/s1. The van der Waals surface area contributed by atoms with Gasteiger partial charge in [-0.2, -0.15) is 23.5 Å². The lowest BCUT2D eigenvalue weighted by atomic mass is 10.0. The van der Waals surface area contributed by atoms with Gasteiger partial charge in [-0.15, -0.1) is 0 Å². The molecule has 4 aliphatic rings. The van der Waals surface area contributed by atoms with Gasteiger partial charge in [0, 0.05) is 28.4 Å². The summed E-state index contributed by atoms with van der Waals surface area (Å²) in [6, 6.07) is 0.692. The van der Waals surface area contributed by atoms with Gasteiger partial charge in [0.05, 0.1) is 24.2 Å². The van der Waals surface area contributed by atoms with E-state index < -0.39 is 18.0 Å². The third-order valence-corrected chi connectivity index (χ3v) is 9.42. The molecule has 4 fully saturated rings. The van der Waals surface area contributed by atoms with Crippen LogP contribution < -0.4 is 27.2 Å². The van der Waals surface area contributed by atoms with Crippen LogP contribution in [0.5, 0.6) is 0 Å². The second-order valence-corrected chi connectivity index (χ2v) is 11.3. The zero-order valence-electron chi connectivity index (χ0n) is 18.7. The minimum Gasteiger partial charge on any atom is -0.481 e. The number of carbonyl (C=O) groups excluding carboxylic acids is 2. The van der Waals surface area contributed by atoms with Crippen molar-refractivity contribution in [1.82, 2.24) is 21.3 Å². The Labute approximate surface area is 206 Å². The fourth-order valence-electron chi connectivity index (χ4n) is 4.66. The molecule has 192 valence electrons. The summed E-state index contributed by atoms with van der Waals surface area (Å²) in [5, 5.41) is 29.6. The Morgan fingerprint density at radius 1 is 0.912 bits per heavy atom. The molecule has 4 aliphatic heterocycles. The summed E-state index contributed by atoms with van der Waals surface area (Å²) in [5.74, 6) is 5.02. The lowest BCUT2D eigenvalue weighted by molar-refractivity contribution is -0.151. The van der Waals surface area contributed by atoms with Crippen molar-refractivity contribution in [2.75, 3.05) is 11.5 Å².